The van der Waals surface area contributed by atoms with Crippen molar-refractivity contribution in [2.75, 3.05) is 19.7 Å². The first kappa shape index (κ1) is 25.0. The standard InChI is InChI=1S/C28H36N2O5/c1-20(21-11-13-22(14-12-21)27(4,5)30-17-18-34-25(30)32)29-16-15-28(35-24(29)31,19-26(2,3)33)23-9-7-6-8-10-23/h6-14,20,33H,15-19H2,1-5H3/t20-,28-/m0/s1. The summed E-state index contributed by atoms with van der Waals surface area (Å²) in [4.78, 5) is 28.8. The van der Waals surface area contributed by atoms with Crippen LogP contribution in [0, 0.1) is 0 Å². The van der Waals surface area contributed by atoms with Crippen molar-refractivity contribution in [2.24, 2.45) is 0 Å². The highest BCUT2D eigenvalue weighted by atomic mass is 16.6. The molecule has 0 aromatic heterocycles. The van der Waals surface area contributed by atoms with E-state index in [0.717, 1.165) is 16.7 Å². The zero-order valence-electron chi connectivity index (χ0n) is 21.3. The first-order valence-electron chi connectivity index (χ1n) is 12.3. The van der Waals surface area contributed by atoms with Crippen LogP contribution < -0.4 is 0 Å². The summed E-state index contributed by atoms with van der Waals surface area (Å²) in [6.45, 7) is 11.0. The minimum Gasteiger partial charge on any atom is -0.448 e. The summed E-state index contributed by atoms with van der Waals surface area (Å²) in [7, 11) is 0. The van der Waals surface area contributed by atoms with Crippen LogP contribution in [0.2, 0.25) is 0 Å². The van der Waals surface area contributed by atoms with Crippen LogP contribution in [0.25, 0.3) is 0 Å². The third-order valence-electron chi connectivity index (χ3n) is 7.29. The number of ether oxygens (including phenoxy) is 2. The van der Waals surface area contributed by atoms with Gasteiger partial charge in [0.2, 0.25) is 0 Å². The van der Waals surface area contributed by atoms with E-state index < -0.39 is 16.7 Å². The zero-order valence-corrected chi connectivity index (χ0v) is 21.3. The fourth-order valence-electron chi connectivity index (χ4n) is 5.30. The maximum Gasteiger partial charge on any atom is 0.411 e. The molecule has 0 unspecified atom stereocenters. The third kappa shape index (κ3) is 5.01. The van der Waals surface area contributed by atoms with Gasteiger partial charge in [-0.25, -0.2) is 9.59 Å². The highest BCUT2D eigenvalue weighted by Crippen LogP contribution is 2.42. The normalized spacial score (nSPS) is 22.1. The summed E-state index contributed by atoms with van der Waals surface area (Å²) in [5, 5.41) is 10.6. The molecule has 2 saturated heterocycles. The molecule has 0 radical (unpaired) electrons. The fraction of sp³-hybridized carbons (Fsp3) is 0.500. The maximum atomic E-state index is 13.3. The molecule has 7 nitrogen and oxygen atoms in total. The largest absolute Gasteiger partial charge is 0.448 e. The molecule has 0 spiro atoms. The number of aliphatic hydroxyl groups is 1. The zero-order chi connectivity index (χ0) is 25.4. The number of carbonyl (C=O) groups excluding carboxylic acids is 2. The van der Waals surface area contributed by atoms with Gasteiger partial charge >= 0.3 is 12.2 Å². The first-order chi connectivity index (χ1) is 16.4. The Morgan fingerprint density at radius 2 is 1.63 bits per heavy atom. The van der Waals surface area contributed by atoms with Gasteiger partial charge in [-0.15, -0.1) is 0 Å². The highest BCUT2D eigenvalue weighted by Gasteiger charge is 2.46. The molecule has 1 N–H and O–H groups in total. The van der Waals surface area contributed by atoms with Crippen LogP contribution in [0.5, 0.6) is 0 Å². The molecule has 2 heterocycles. The van der Waals surface area contributed by atoms with Crippen molar-refractivity contribution in [3.05, 3.63) is 71.3 Å². The molecule has 2 amide bonds. The highest BCUT2D eigenvalue weighted by molar-refractivity contribution is 5.71. The predicted molar refractivity (Wildman–Crippen MR) is 133 cm³/mol. The number of cyclic esters (lactones) is 2. The predicted octanol–water partition coefficient (Wildman–Crippen LogP) is 5.33. The first-order valence-corrected chi connectivity index (χ1v) is 12.3. The van der Waals surface area contributed by atoms with E-state index >= 15 is 0 Å². The van der Waals surface area contributed by atoms with Crippen LogP contribution in [0.1, 0.15) is 70.2 Å². The molecule has 4 rings (SSSR count). The summed E-state index contributed by atoms with van der Waals surface area (Å²) < 4.78 is 11.2. The van der Waals surface area contributed by atoms with E-state index in [-0.39, 0.29) is 18.2 Å². The van der Waals surface area contributed by atoms with Gasteiger partial charge in [0.15, 0.2) is 0 Å². The van der Waals surface area contributed by atoms with Crippen molar-refractivity contribution < 1.29 is 24.2 Å². The molecular formula is C28H36N2O5. The van der Waals surface area contributed by atoms with Crippen LogP contribution in [-0.4, -0.2) is 52.4 Å². The maximum absolute atomic E-state index is 13.3. The Morgan fingerprint density at radius 3 is 2.17 bits per heavy atom. The molecule has 2 atom stereocenters. The number of amides is 2. The second-order valence-electron chi connectivity index (χ2n) is 10.8. The summed E-state index contributed by atoms with van der Waals surface area (Å²) in [6.07, 6.45) is 0.220. The molecule has 188 valence electrons. The van der Waals surface area contributed by atoms with Crippen molar-refractivity contribution in [2.45, 2.75) is 70.2 Å². The second kappa shape index (κ2) is 9.19. The lowest BCUT2D eigenvalue weighted by Gasteiger charge is -2.45. The molecule has 7 heteroatoms. The molecular weight excluding hydrogens is 444 g/mol. The van der Waals surface area contributed by atoms with E-state index in [1.165, 1.54) is 0 Å². The number of hydrogen-bond acceptors (Lipinski definition) is 5. The van der Waals surface area contributed by atoms with Gasteiger partial charge in [0.05, 0.1) is 23.7 Å². The van der Waals surface area contributed by atoms with Gasteiger partial charge < -0.3 is 19.5 Å². The van der Waals surface area contributed by atoms with Crippen LogP contribution in [0.4, 0.5) is 9.59 Å². The van der Waals surface area contributed by atoms with Crippen molar-refractivity contribution in [1.82, 2.24) is 9.80 Å². The Labute approximate surface area is 207 Å². The van der Waals surface area contributed by atoms with Crippen molar-refractivity contribution in [3.63, 3.8) is 0 Å². The molecule has 2 fully saturated rings. The topological polar surface area (TPSA) is 79.3 Å². The average Bonchev–Trinajstić information content (AvgIpc) is 3.25. The Hall–Kier alpha value is -3.06. The lowest BCUT2D eigenvalue weighted by Crippen LogP contribution is -2.51. The second-order valence-corrected chi connectivity index (χ2v) is 10.8. The van der Waals surface area contributed by atoms with E-state index in [1.807, 2.05) is 75.4 Å². The van der Waals surface area contributed by atoms with Crippen LogP contribution in [-0.2, 0) is 20.6 Å². The quantitative estimate of drug-likeness (QED) is 0.579. The summed E-state index contributed by atoms with van der Waals surface area (Å²) in [5.41, 5.74) is 0.530. The Kier molecular flexibility index (Phi) is 6.58. The van der Waals surface area contributed by atoms with Gasteiger partial charge in [0.1, 0.15) is 12.2 Å². The monoisotopic (exact) mass is 480 g/mol. The molecule has 2 aromatic rings. The molecule has 2 aliphatic heterocycles. The van der Waals surface area contributed by atoms with Crippen LogP contribution in [0.3, 0.4) is 0 Å². The van der Waals surface area contributed by atoms with Gasteiger partial charge in [-0.05, 0) is 51.3 Å². The molecule has 0 saturated carbocycles. The molecule has 2 aromatic carbocycles. The fourth-order valence-corrected chi connectivity index (χ4v) is 5.30. The van der Waals surface area contributed by atoms with E-state index in [9.17, 15) is 14.7 Å². The molecule has 0 bridgehead atoms. The van der Waals surface area contributed by atoms with Crippen molar-refractivity contribution in [3.8, 4) is 0 Å². The lowest BCUT2D eigenvalue weighted by atomic mass is 9.80. The average molecular weight is 481 g/mol. The van der Waals surface area contributed by atoms with E-state index in [0.29, 0.717) is 32.5 Å². The van der Waals surface area contributed by atoms with Gasteiger partial charge in [-0.1, -0.05) is 54.6 Å². The minimum absolute atomic E-state index is 0.188. The molecule has 0 aliphatic carbocycles. The molecule has 2 aliphatic rings. The van der Waals surface area contributed by atoms with Crippen molar-refractivity contribution >= 4 is 12.2 Å². The molecule has 35 heavy (non-hydrogen) atoms. The lowest BCUT2D eigenvalue weighted by molar-refractivity contribution is -0.101. The summed E-state index contributed by atoms with van der Waals surface area (Å²) in [6, 6.07) is 17.5. The summed E-state index contributed by atoms with van der Waals surface area (Å²) >= 11 is 0. The van der Waals surface area contributed by atoms with Gasteiger partial charge in [-0.2, -0.15) is 0 Å². The minimum atomic E-state index is -0.992. The Balaban J connectivity index is 1.52. The van der Waals surface area contributed by atoms with Crippen LogP contribution >= 0.6 is 0 Å². The number of carbonyl (C=O) groups is 2. The van der Waals surface area contributed by atoms with E-state index in [1.54, 1.807) is 23.6 Å². The van der Waals surface area contributed by atoms with E-state index in [4.69, 9.17) is 9.47 Å². The SMILES string of the molecule is C[C@@H](c1ccc(C(C)(C)N2CCOC2=O)cc1)N1CC[C@](CC(C)(C)O)(c2ccccc2)OC1=O. The van der Waals surface area contributed by atoms with Gasteiger partial charge in [0.25, 0.3) is 0 Å². The summed E-state index contributed by atoms with van der Waals surface area (Å²) in [5.74, 6) is 0. The Bertz CT molecular complexity index is 1060. The number of benzene rings is 2. The number of nitrogens with zero attached hydrogens (tertiary/aromatic N) is 2. The van der Waals surface area contributed by atoms with Crippen molar-refractivity contribution in [1.29, 1.82) is 0 Å². The number of rotatable bonds is 7. The van der Waals surface area contributed by atoms with Gasteiger partial charge in [-0.3, -0.25) is 4.90 Å². The Morgan fingerprint density at radius 1 is 0.971 bits per heavy atom. The van der Waals surface area contributed by atoms with Crippen LogP contribution in [0.15, 0.2) is 54.6 Å². The van der Waals surface area contributed by atoms with Gasteiger partial charge in [0, 0.05) is 19.4 Å². The smallest absolute Gasteiger partial charge is 0.411 e. The third-order valence-corrected chi connectivity index (χ3v) is 7.29. The number of hydrogen-bond donors (Lipinski definition) is 1. The van der Waals surface area contributed by atoms with E-state index in [2.05, 4.69) is 0 Å².